The van der Waals surface area contributed by atoms with Gasteiger partial charge in [0.1, 0.15) is 0 Å². The van der Waals surface area contributed by atoms with Crippen molar-refractivity contribution in [1.82, 2.24) is 0 Å². The number of hydrogen-bond acceptors (Lipinski definition) is 0. The Labute approximate surface area is 138 Å². The Kier molecular flexibility index (Phi) is 15.6. The summed E-state index contributed by atoms with van der Waals surface area (Å²) in [5.74, 6) is 1.94. The lowest BCUT2D eigenvalue weighted by Gasteiger charge is -2.32. The van der Waals surface area contributed by atoms with Crippen molar-refractivity contribution in [1.29, 1.82) is 0 Å². The van der Waals surface area contributed by atoms with Crippen molar-refractivity contribution in [2.24, 2.45) is 11.8 Å². The molecule has 1 heteroatoms. The lowest BCUT2D eigenvalue weighted by molar-refractivity contribution is 0.253. The molecular weight excluding hydrogens is 271 g/mol. The maximum atomic E-state index is 3.23. The van der Waals surface area contributed by atoms with Crippen molar-refractivity contribution in [3.63, 3.8) is 0 Å². The molecule has 0 nitrogen and oxygen atoms in total. The molecule has 0 radical (unpaired) electrons. The van der Waals surface area contributed by atoms with E-state index in [2.05, 4.69) is 36.9 Å². The summed E-state index contributed by atoms with van der Waals surface area (Å²) in [5.41, 5.74) is 0.862. The van der Waals surface area contributed by atoms with Gasteiger partial charge in [0.05, 0.1) is 0 Å². The number of hydrogen-bond donors (Lipinski definition) is 0. The molecule has 0 aromatic carbocycles. The zero-order valence-corrected chi connectivity index (χ0v) is 16.7. The zero-order valence-electron chi connectivity index (χ0n) is 15.5. The van der Waals surface area contributed by atoms with Gasteiger partial charge >= 0.3 is 0 Å². The summed E-state index contributed by atoms with van der Waals surface area (Å²) in [5, 5.41) is 0. The van der Waals surface area contributed by atoms with Gasteiger partial charge in [0.2, 0.25) is 0 Å². The van der Waals surface area contributed by atoms with E-state index in [0.29, 0.717) is 0 Å². The van der Waals surface area contributed by atoms with Crippen LogP contribution in [0.15, 0.2) is 0 Å². The molecule has 128 valence electrons. The van der Waals surface area contributed by atoms with E-state index in [0.717, 1.165) is 17.5 Å². The highest BCUT2D eigenvalue weighted by atomic mass is 31.0. The van der Waals surface area contributed by atoms with Crippen LogP contribution in [0.5, 0.6) is 0 Å². The molecule has 0 saturated carbocycles. The normalized spacial score (nSPS) is 14.6. The fourth-order valence-corrected chi connectivity index (χ4v) is 4.49. The van der Waals surface area contributed by atoms with Gasteiger partial charge in [-0.1, -0.05) is 98.3 Å². The van der Waals surface area contributed by atoms with Crippen molar-refractivity contribution < 1.29 is 0 Å². The average Bonchev–Trinajstić information content (AvgIpc) is 2.47. The number of unbranched alkanes of at least 4 members (excludes halogenated alkanes) is 5. The van der Waals surface area contributed by atoms with Gasteiger partial charge in [-0.05, 0) is 30.3 Å². The first-order chi connectivity index (χ1) is 10.2. The molecule has 0 heterocycles. The van der Waals surface area contributed by atoms with Crippen molar-refractivity contribution in [2.45, 2.75) is 117 Å². The van der Waals surface area contributed by atoms with E-state index in [4.69, 9.17) is 0 Å². The maximum Gasteiger partial charge on any atom is -0.0233 e. The highest BCUT2D eigenvalue weighted by Crippen LogP contribution is 2.35. The van der Waals surface area contributed by atoms with Crippen molar-refractivity contribution in [3.8, 4) is 0 Å². The topological polar surface area (TPSA) is 0 Å². The standard InChI is InChI=1S/C20H43P/c1-5-9-11-12-13-17-20(21)19(16-10-6-2)18(14-7-3)15-8-4/h18-20H,5-17,21H2,1-4H3. The molecule has 3 unspecified atom stereocenters. The highest BCUT2D eigenvalue weighted by molar-refractivity contribution is 7.17. The van der Waals surface area contributed by atoms with Crippen LogP contribution in [0.3, 0.4) is 0 Å². The molecule has 0 saturated heterocycles. The molecule has 0 rings (SSSR count). The first-order valence-corrected chi connectivity index (χ1v) is 10.6. The SMILES string of the molecule is CCCCCCCC(P)C(CCCC)C(CCC)CCC. The van der Waals surface area contributed by atoms with E-state index >= 15 is 0 Å². The van der Waals surface area contributed by atoms with Gasteiger partial charge < -0.3 is 0 Å². The third-order valence-corrected chi connectivity index (χ3v) is 5.83. The molecule has 0 aromatic heterocycles. The minimum atomic E-state index is 0.862. The van der Waals surface area contributed by atoms with Gasteiger partial charge in [-0.3, -0.25) is 0 Å². The zero-order chi connectivity index (χ0) is 15.9. The Hall–Kier alpha value is 0.430. The smallest absolute Gasteiger partial charge is 0.0233 e. The monoisotopic (exact) mass is 314 g/mol. The summed E-state index contributed by atoms with van der Waals surface area (Å²) in [4.78, 5) is 0. The molecule has 0 aliphatic carbocycles. The van der Waals surface area contributed by atoms with Crippen molar-refractivity contribution in [3.05, 3.63) is 0 Å². The third-order valence-electron chi connectivity index (χ3n) is 5.01. The lowest BCUT2D eigenvalue weighted by Crippen LogP contribution is -2.24. The minimum absolute atomic E-state index is 0.862. The van der Waals surface area contributed by atoms with Crippen LogP contribution in [0.4, 0.5) is 0 Å². The molecule has 0 aliphatic heterocycles. The predicted octanol–water partition coefficient (Wildman–Crippen LogP) is 7.61. The van der Waals surface area contributed by atoms with Crippen LogP contribution in [-0.2, 0) is 0 Å². The lowest BCUT2D eigenvalue weighted by atomic mass is 9.78. The highest BCUT2D eigenvalue weighted by Gasteiger charge is 2.25. The Morgan fingerprint density at radius 1 is 0.571 bits per heavy atom. The van der Waals surface area contributed by atoms with Gasteiger partial charge in [0, 0.05) is 0 Å². The fraction of sp³-hybridized carbons (Fsp3) is 1.00. The Balaban J connectivity index is 4.33. The number of rotatable bonds is 15. The molecular formula is C20H43P. The van der Waals surface area contributed by atoms with E-state index in [-0.39, 0.29) is 0 Å². The second-order valence-corrected chi connectivity index (χ2v) is 7.87. The van der Waals surface area contributed by atoms with Crippen LogP contribution in [0.1, 0.15) is 111 Å². The molecule has 0 spiro atoms. The van der Waals surface area contributed by atoms with Crippen LogP contribution in [0, 0.1) is 11.8 Å². The molecule has 0 aromatic rings. The quantitative estimate of drug-likeness (QED) is 0.215. The summed E-state index contributed by atoms with van der Waals surface area (Å²) in [7, 11) is 3.23. The van der Waals surface area contributed by atoms with Gasteiger partial charge in [-0.25, -0.2) is 0 Å². The molecule has 0 fully saturated rings. The summed E-state index contributed by atoms with van der Waals surface area (Å²) in [6.45, 7) is 9.37. The van der Waals surface area contributed by atoms with E-state index in [1.165, 1.54) is 83.5 Å². The largest absolute Gasteiger partial charge is 0.134 e. The van der Waals surface area contributed by atoms with E-state index in [1.54, 1.807) is 0 Å². The van der Waals surface area contributed by atoms with Gasteiger partial charge in [0.15, 0.2) is 0 Å². The van der Waals surface area contributed by atoms with E-state index in [9.17, 15) is 0 Å². The second kappa shape index (κ2) is 15.3. The molecule has 3 atom stereocenters. The van der Waals surface area contributed by atoms with Gasteiger partial charge in [-0.15, -0.1) is 9.24 Å². The van der Waals surface area contributed by atoms with Crippen LogP contribution >= 0.6 is 9.24 Å². The van der Waals surface area contributed by atoms with Gasteiger partial charge in [0.25, 0.3) is 0 Å². The molecule has 0 aliphatic rings. The van der Waals surface area contributed by atoms with Crippen LogP contribution < -0.4 is 0 Å². The summed E-state index contributed by atoms with van der Waals surface area (Å²) in [6, 6.07) is 0. The van der Waals surface area contributed by atoms with Crippen LogP contribution in [0.2, 0.25) is 0 Å². The molecule has 0 bridgehead atoms. The fourth-order valence-electron chi connectivity index (χ4n) is 3.75. The van der Waals surface area contributed by atoms with Crippen molar-refractivity contribution in [2.75, 3.05) is 0 Å². The summed E-state index contributed by atoms with van der Waals surface area (Å²) >= 11 is 0. The maximum absolute atomic E-state index is 3.23. The molecule has 21 heavy (non-hydrogen) atoms. The van der Waals surface area contributed by atoms with Gasteiger partial charge in [-0.2, -0.15) is 0 Å². The predicted molar refractivity (Wildman–Crippen MR) is 103 cm³/mol. The van der Waals surface area contributed by atoms with E-state index in [1.807, 2.05) is 0 Å². The molecule has 0 N–H and O–H groups in total. The van der Waals surface area contributed by atoms with Crippen LogP contribution in [0.25, 0.3) is 0 Å². The Morgan fingerprint density at radius 3 is 1.67 bits per heavy atom. The average molecular weight is 315 g/mol. The van der Waals surface area contributed by atoms with Crippen molar-refractivity contribution >= 4 is 9.24 Å². The minimum Gasteiger partial charge on any atom is -0.134 e. The Bertz CT molecular complexity index is 196. The van der Waals surface area contributed by atoms with E-state index < -0.39 is 0 Å². The first kappa shape index (κ1) is 21.4. The first-order valence-electron chi connectivity index (χ1n) is 9.96. The summed E-state index contributed by atoms with van der Waals surface area (Å²) in [6.07, 6.45) is 18.4. The second-order valence-electron chi connectivity index (χ2n) is 7.01. The molecule has 0 amide bonds. The summed E-state index contributed by atoms with van der Waals surface area (Å²) < 4.78 is 0. The Morgan fingerprint density at radius 2 is 1.14 bits per heavy atom. The third kappa shape index (κ3) is 10.7. The van der Waals surface area contributed by atoms with Crippen LogP contribution in [-0.4, -0.2) is 5.66 Å².